The number of hydrogen-bond donors (Lipinski definition) is 0. The highest BCUT2D eigenvalue weighted by Crippen LogP contribution is 2.37. The summed E-state index contributed by atoms with van der Waals surface area (Å²) in [6.45, 7) is 0. The number of rotatable bonds is 2. The van der Waals surface area contributed by atoms with E-state index in [2.05, 4.69) is 9.97 Å². The maximum atomic E-state index is 13.0. The van der Waals surface area contributed by atoms with Gasteiger partial charge in [-0.05, 0) is 30.3 Å². The molecule has 0 radical (unpaired) electrons. The van der Waals surface area contributed by atoms with Crippen molar-refractivity contribution in [3.63, 3.8) is 0 Å². The molecule has 3 nitrogen and oxygen atoms in total. The average molecular weight is 325 g/mol. The standard InChI is InChI=1S/C15H8ClF3N2O/c16-10-3-1-9(2-4-10)13-8-21-14(22-13)11-7-20-6-5-12(11)15(17,18)19/h1-8H. The van der Waals surface area contributed by atoms with Crippen LogP contribution in [-0.2, 0) is 6.18 Å². The molecule has 3 aromatic rings. The molecule has 0 spiro atoms. The van der Waals surface area contributed by atoms with Gasteiger partial charge in [0, 0.05) is 23.0 Å². The van der Waals surface area contributed by atoms with Crippen molar-refractivity contribution in [2.75, 3.05) is 0 Å². The van der Waals surface area contributed by atoms with Crippen LogP contribution in [0.25, 0.3) is 22.8 Å². The second kappa shape index (κ2) is 5.46. The monoisotopic (exact) mass is 324 g/mol. The van der Waals surface area contributed by atoms with Crippen molar-refractivity contribution in [2.24, 2.45) is 0 Å². The van der Waals surface area contributed by atoms with Gasteiger partial charge in [0.2, 0.25) is 5.89 Å². The van der Waals surface area contributed by atoms with Gasteiger partial charge in [-0.2, -0.15) is 13.2 Å². The fourth-order valence-electron chi connectivity index (χ4n) is 1.96. The van der Waals surface area contributed by atoms with E-state index in [4.69, 9.17) is 16.0 Å². The summed E-state index contributed by atoms with van der Waals surface area (Å²) in [4.78, 5) is 7.63. The van der Waals surface area contributed by atoms with Gasteiger partial charge in [0.25, 0.3) is 0 Å². The van der Waals surface area contributed by atoms with Gasteiger partial charge >= 0.3 is 6.18 Å². The SMILES string of the molecule is FC(F)(F)c1ccncc1-c1ncc(-c2ccc(Cl)cc2)o1. The Morgan fingerprint density at radius 1 is 1.00 bits per heavy atom. The van der Waals surface area contributed by atoms with Crippen LogP contribution >= 0.6 is 11.6 Å². The van der Waals surface area contributed by atoms with Crippen molar-refractivity contribution in [1.29, 1.82) is 0 Å². The van der Waals surface area contributed by atoms with E-state index in [1.165, 1.54) is 6.20 Å². The summed E-state index contributed by atoms with van der Waals surface area (Å²) >= 11 is 5.79. The van der Waals surface area contributed by atoms with Gasteiger partial charge in [0.1, 0.15) is 0 Å². The van der Waals surface area contributed by atoms with Crippen LogP contribution in [-0.4, -0.2) is 9.97 Å². The van der Waals surface area contributed by atoms with Crippen LogP contribution in [0.4, 0.5) is 13.2 Å². The number of halogens is 4. The summed E-state index contributed by atoms with van der Waals surface area (Å²) in [6, 6.07) is 7.59. The largest absolute Gasteiger partial charge is 0.436 e. The quantitative estimate of drug-likeness (QED) is 0.660. The Morgan fingerprint density at radius 2 is 1.73 bits per heavy atom. The maximum Gasteiger partial charge on any atom is 0.417 e. The molecule has 0 atom stereocenters. The number of pyridine rings is 1. The third kappa shape index (κ3) is 2.82. The fraction of sp³-hybridized carbons (Fsp3) is 0.0667. The fourth-order valence-corrected chi connectivity index (χ4v) is 2.08. The number of benzene rings is 1. The Kier molecular flexibility index (Phi) is 3.62. The molecule has 0 unspecified atom stereocenters. The van der Waals surface area contributed by atoms with Crippen LogP contribution in [0.15, 0.2) is 53.3 Å². The Balaban J connectivity index is 2.03. The minimum absolute atomic E-state index is 0.134. The first-order valence-electron chi connectivity index (χ1n) is 6.18. The Labute approximate surface area is 128 Å². The molecule has 0 amide bonds. The maximum absolute atomic E-state index is 13.0. The van der Waals surface area contributed by atoms with Crippen LogP contribution in [0, 0.1) is 0 Å². The molecule has 1 aromatic carbocycles. The molecular formula is C15H8ClF3N2O. The lowest BCUT2D eigenvalue weighted by atomic mass is 10.1. The van der Waals surface area contributed by atoms with Gasteiger partial charge in [0.05, 0.1) is 17.3 Å². The second-order valence-electron chi connectivity index (χ2n) is 4.46. The topological polar surface area (TPSA) is 38.9 Å². The highest BCUT2D eigenvalue weighted by molar-refractivity contribution is 6.30. The number of oxazole rings is 1. The zero-order chi connectivity index (χ0) is 15.7. The minimum atomic E-state index is -4.51. The normalized spacial score (nSPS) is 11.6. The first-order chi connectivity index (χ1) is 10.4. The Bertz CT molecular complexity index is 797. The van der Waals surface area contributed by atoms with Crippen molar-refractivity contribution in [3.05, 3.63) is 59.5 Å². The zero-order valence-corrected chi connectivity index (χ0v) is 11.7. The molecule has 112 valence electrons. The van der Waals surface area contributed by atoms with Crippen LogP contribution in [0.1, 0.15) is 5.56 Å². The number of hydrogen-bond acceptors (Lipinski definition) is 3. The van der Waals surface area contributed by atoms with Crippen molar-refractivity contribution >= 4 is 11.6 Å². The molecule has 0 fully saturated rings. The van der Waals surface area contributed by atoms with E-state index in [0.717, 1.165) is 18.5 Å². The molecule has 0 aliphatic carbocycles. The molecule has 2 aromatic heterocycles. The lowest BCUT2D eigenvalue weighted by molar-refractivity contribution is -0.137. The summed E-state index contributed by atoms with van der Waals surface area (Å²) in [5.74, 6) is 0.217. The Hall–Kier alpha value is -2.34. The molecular weight excluding hydrogens is 317 g/mol. The predicted octanol–water partition coefficient (Wildman–Crippen LogP) is 5.08. The number of nitrogens with zero attached hydrogens (tertiary/aromatic N) is 2. The second-order valence-corrected chi connectivity index (χ2v) is 4.89. The summed E-state index contributed by atoms with van der Waals surface area (Å²) < 4.78 is 44.4. The molecule has 2 heterocycles. The Morgan fingerprint density at radius 3 is 2.41 bits per heavy atom. The lowest BCUT2D eigenvalue weighted by Gasteiger charge is -2.09. The third-order valence-electron chi connectivity index (χ3n) is 2.99. The smallest absolute Gasteiger partial charge is 0.417 e. The van der Waals surface area contributed by atoms with E-state index in [1.807, 2.05) is 0 Å². The van der Waals surface area contributed by atoms with E-state index in [-0.39, 0.29) is 11.5 Å². The van der Waals surface area contributed by atoms with Crippen LogP contribution in [0.2, 0.25) is 5.02 Å². The average Bonchev–Trinajstić information content (AvgIpc) is 2.97. The minimum Gasteiger partial charge on any atom is -0.436 e. The van der Waals surface area contributed by atoms with Crippen LogP contribution < -0.4 is 0 Å². The van der Waals surface area contributed by atoms with Crippen molar-refractivity contribution < 1.29 is 17.6 Å². The summed E-state index contributed by atoms with van der Waals surface area (Å²) in [6.07, 6.45) is -0.978. The summed E-state index contributed by atoms with van der Waals surface area (Å²) in [5.41, 5.74) is -0.372. The first kappa shape index (κ1) is 14.6. The van der Waals surface area contributed by atoms with Crippen LogP contribution in [0.5, 0.6) is 0 Å². The van der Waals surface area contributed by atoms with Crippen molar-refractivity contribution in [2.45, 2.75) is 6.18 Å². The van der Waals surface area contributed by atoms with Crippen molar-refractivity contribution in [3.8, 4) is 22.8 Å². The van der Waals surface area contributed by atoms with E-state index in [0.29, 0.717) is 16.3 Å². The predicted molar refractivity (Wildman–Crippen MR) is 75.2 cm³/mol. The van der Waals surface area contributed by atoms with Gasteiger partial charge in [-0.1, -0.05) is 11.6 Å². The van der Waals surface area contributed by atoms with Gasteiger partial charge < -0.3 is 4.42 Å². The number of aromatic nitrogens is 2. The highest BCUT2D eigenvalue weighted by Gasteiger charge is 2.34. The molecule has 0 saturated heterocycles. The molecule has 0 saturated carbocycles. The third-order valence-corrected chi connectivity index (χ3v) is 3.24. The molecule has 0 aliphatic heterocycles. The van der Waals surface area contributed by atoms with Gasteiger partial charge in [-0.15, -0.1) is 0 Å². The molecule has 7 heteroatoms. The highest BCUT2D eigenvalue weighted by atomic mass is 35.5. The van der Waals surface area contributed by atoms with Gasteiger partial charge in [0.15, 0.2) is 5.76 Å². The van der Waals surface area contributed by atoms with Gasteiger partial charge in [-0.25, -0.2) is 4.98 Å². The summed E-state index contributed by atoms with van der Waals surface area (Å²) in [5, 5.41) is 0.551. The van der Waals surface area contributed by atoms with E-state index >= 15 is 0 Å². The van der Waals surface area contributed by atoms with E-state index < -0.39 is 11.7 Å². The molecule has 0 bridgehead atoms. The lowest BCUT2D eigenvalue weighted by Crippen LogP contribution is -2.07. The van der Waals surface area contributed by atoms with Crippen LogP contribution in [0.3, 0.4) is 0 Å². The van der Waals surface area contributed by atoms with Gasteiger partial charge in [-0.3, -0.25) is 4.98 Å². The van der Waals surface area contributed by atoms with E-state index in [1.54, 1.807) is 24.3 Å². The molecule has 0 aliphatic rings. The summed E-state index contributed by atoms with van der Waals surface area (Å²) in [7, 11) is 0. The number of alkyl halides is 3. The zero-order valence-electron chi connectivity index (χ0n) is 10.9. The molecule has 22 heavy (non-hydrogen) atoms. The van der Waals surface area contributed by atoms with E-state index in [9.17, 15) is 13.2 Å². The van der Waals surface area contributed by atoms with Crippen molar-refractivity contribution in [1.82, 2.24) is 9.97 Å². The molecule has 0 N–H and O–H groups in total. The first-order valence-corrected chi connectivity index (χ1v) is 6.56. The molecule has 3 rings (SSSR count).